The van der Waals surface area contributed by atoms with Crippen LogP contribution in [0.15, 0.2) is 18.3 Å². The Kier molecular flexibility index (Phi) is 6.66. The van der Waals surface area contributed by atoms with Crippen LogP contribution in [0, 0.1) is 5.92 Å². The molecule has 2 aliphatic heterocycles. The summed E-state index contributed by atoms with van der Waals surface area (Å²) < 4.78 is 0. The number of likely N-dealkylation sites (tertiary alicyclic amines) is 1. The van der Waals surface area contributed by atoms with Crippen LogP contribution in [0.25, 0.3) is 0 Å². The third-order valence-electron chi connectivity index (χ3n) is 5.46. The van der Waals surface area contributed by atoms with Crippen molar-refractivity contribution in [1.29, 1.82) is 0 Å². The minimum absolute atomic E-state index is 0.0279. The van der Waals surface area contributed by atoms with Crippen LogP contribution in [0.2, 0.25) is 0 Å². The van der Waals surface area contributed by atoms with Crippen LogP contribution in [0.1, 0.15) is 32.1 Å². The Morgan fingerprint density at radius 1 is 1.11 bits per heavy atom. The predicted octanol–water partition coefficient (Wildman–Crippen LogP) is 1.81. The van der Waals surface area contributed by atoms with Gasteiger partial charge in [-0.15, -0.1) is 0 Å². The number of pyridine rings is 1. The van der Waals surface area contributed by atoms with E-state index in [1.807, 2.05) is 12.1 Å². The molecule has 0 saturated carbocycles. The Balaban J connectivity index is 1.43. The van der Waals surface area contributed by atoms with Crippen molar-refractivity contribution in [2.45, 2.75) is 32.1 Å². The number of amides is 2. The molecule has 2 amide bonds. The molecule has 0 unspecified atom stereocenters. The SMILES string of the molecule is CN(C)C(=O)C1CCN(CC(=O)Nc2ccc(N3CCCCC3)nc2)CC1. The van der Waals surface area contributed by atoms with Gasteiger partial charge in [0, 0.05) is 33.1 Å². The van der Waals surface area contributed by atoms with Crippen molar-refractivity contribution in [3.63, 3.8) is 0 Å². The molecule has 148 valence electrons. The number of rotatable bonds is 5. The first-order valence-corrected chi connectivity index (χ1v) is 9.97. The lowest BCUT2D eigenvalue weighted by atomic mass is 9.95. The smallest absolute Gasteiger partial charge is 0.238 e. The molecule has 1 aromatic heterocycles. The normalized spacial score (nSPS) is 19.0. The fourth-order valence-corrected chi connectivity index (χ4v) is 3.88. The highest BCUT2D eigenvalue weighted by Gasteiger charge is 2.26. The quantitative estimate of drug-likeness (QED) is 0.853. The van der Waals surface area contributed by atoms with Gasteiger partial charge < -0.3 is 15.1 Å². The number of nitrogens with zero attached hydrogens (tertiary/aromatic N) is 4. The van der Waals surface area contributed by atoms with E-state index in [0.29, 0.717) is 6.54 Å². The fourth-order valence-electron chi connectivity index (χ4n) is 3.88. The van der Waals surface area contributed by atoms with Gasteiger partial charge in [-0.05, 0) is 57.3 Å². The summed E-state index contributed by atoms with van der Waals surface area (Å²) in [6, 6.07) is 3.91. The van der Waals surface area contributed by atoms with E-state index in [4.69, 9.17) is 0 Å². The molecule has 0 bridgehead atoms. The first-order chi connectivity index (χ1) is 13.0. The molecule has 0 aliphatic carbocycles. The number of hydrogen-bond acceptors (Lipinski definition) is 5. The Hall–Kier alpha value is -2.15. The molecule has 27 heavy (non-hydrogen) atoms. The second-order valence-corrected chi connectivity index (χ2v) is 7.78. The largest absolute Gasteiger partial charge is 0.357 e. The van der Waals surface area contributed by atoms with Gasteiger partial charge >= 0.3 is 0 Å². The lowest BCUT2D eigenvalue weighted by Gasteiger charge is -2.31. The monoisotopic (exact) mass is 373 g/mol. The van der Waals surface area contributed by atoms with Gasteiger partial charge in [0.05, 0.1) is 18.4 Å². The van der Waals surface area contributed by atoms with Crippen molar-refractivity contribution in [2.24, 2.45) is 5.92 Å². The summed E-state index contributed by atoms with van der Waals surface area (Å²) in [5.41, 5.74) is 0.735. The summed E-state index contributed by atoms with van der Waals surface area (Å²) in [6.45, 7) is 4.04. The number of aromatic nitrogens is 1. The van der Waals surface area contributed by atoms with E-state index < -0.39 is 0 Å². The lowest BCUT2D eigenvalue weighted by Crippen LogP contribution is -2.43. The first kappa shape index (κ1) is 19.6. The van der Waals surface area contributed by atoms with E-state index in [-0.39, 0.29) is 17.7 Å². The number of anilines is 2. The van der Waals surface area contributed by atoms with E-state index in [1.165, 1.54) is 19.3 Å². The number of nitrogens with one attached hydrogen (secondary N) is 1. The molecule has 1 aromatic rings. The lowest BCUT2D eigenvalue weighted by molar-refractivity contribution is -0.134. The van der Waals surface area contributed by atoms with Crippen molar-refractivity contribution in [1.82, 2.24) is 14.8 Å². The van der Waals surface area contributed by atoms with Crippen molar-refractivity contribution in [3.05, 3.63) is 18.3 Å². The van der Waals surface area contributed by atoms with Crippen LogP contribution >= 0.6 is 0 Å². The van der Waals surface area contributed by atoms with Gasteiger partial charge in [0.2, 0.25) is 11.8 Å². The van der Waals surface area contributed by atoms with Crippen molar-refractivity contribution < 1.29 is 9.59 Å². The van der Waals surface area contributed by atoms with Crippen LogP contribution in [-0.2, 0) is 9.59 Å². The molecule has 1 N–H and O–H groups in total. The van der Waals surface area contributed by atoms with Gasteiger partial charge in [-0.25, -0.2) is 4.98 Å². The van der Waals surface area contributed by atoms with Crippen LogP contribution in [0.4, 0.5) is 11.5 Å². The maximum atomic E-state index is 12.3. The fraction of sp³-hybridized carbons (Fsp3) is 0.650. The number of carbonyl (C=O) groups excluding carboxylic acids is 2. The Morgan fingerprint density at radius 3 is 2.41 bits per heavy atom. The maximum absolute atomic E-state index is 12.3. The first-order valence-electron chi connectivity index (χ1n) is 9.97. The van der Waals surface area contributed by atoms with Crippen molar-refractivity contribution in [3.8, 4) is 0 Å². The Labute approximate surface area is 161 Å². The van der Waals surface area contributed by atoms with Crippen LogP contribution in [0.5, 0.6) is 0 Å². The zero-order valence-corrected chi connectivity index (χ0v) is 16.5. The third-order valence-corrected chi connectivity index (χ3v) is 5.46. The van der Waals surface area contributed by atoms with E-state index in [2.05, 4.69) is 20.1 Å². The number of hydrogen-bond donors (Lipinski definition) is 1. The number of piperidine rings is 2. The van der Waals surface area contributed by atoms with Gasteiger partial charge in [0.15, 0.2) is 0 Å². The van der Waals surface area contributed by atoms with Crippen molar-refractivity contribution in [2.75, 3.05) is 57.0 Å². The van der Waals surface area contributed by atoms with E-state index in [1.54, 1.807) is 25.2 Å². The van der Waals surface area contributed by atoms with Gasteiger partial charge in [0.25, 0.3) is 0 Å². The average Bonchev–Trinajstić information content (AvgIpc) is 2.69. The zero-order chi connectivity index (χ0) is 19.2. The van der Waals surface area contributed by atoms with Gasteiger partial charge in [-0.1, -0.05) is 0 Å². The van der Waals surface area contributed by atoms with Gasteiger partial charge in [-0.2, -0.15) is 0 Å². The molecule has 0 aromatic carbocycles. The summed E-state index contributed by atoms with van der Waals surface area (Å²) in [4.78, 5) is 34.9. The van der Waals surface area contributed by atoms with Crippen molar-refractivity contribution >= 4 is 23.3 Å². The molecular formula is C20H31N5O2. The van der Waals surface area contributed by atoms with Gasteiger partial charge in [-0.3, -0.25) is 14.5 Å². The summed E-state index contributed by atoms with van der Waals surface area (Å²) in [5.74, 6) is 1.24. The van der Waals surface area contributed by atoms with Crippen LogP contribution in [0.3, 0.4) is 0 Å². The molecule has 3 heterocycles. The Morgan fingerprint density at radius 2 is 1.81 bits per heavy atom. The molecule has 7 nitrogen and oxygen atoms in total. The highest BCUT2D eigenvalue weighted by atomic mass is 16.2. The van der Waals surface area contributed by atoms with E-state index in [9.17, 15) is 9.59 Å². The minimum Gasteiger partial charge on any atom is -0.357 e. The maximum Gasteiger partial charge on any atom is 0.238 e. The summed E-state index contributed by atoms with van der Waals surface area (Å²) in [6.07, 6.45) is 7.11. The molecule has 0 atom stereocenters. The average molecular weight is 374 g/mol. The van der Waals surface area contributed by atoms with Crippen LogP contribution < -0.4 is 10.2 Å². The molecular weight excluding hydrogens is 342 g/mol. The number of carbonyl (C=O) groups is 2. The molecule has 2 saturated heterocycles. The molecule has 0 spiro atoms. The van der Waals surface area contributed by atoms with E-state index in [0.717, 1.165) is 50.5 Å². The summed E-state index contributed by atoms with van der Waals surface area (Å²) in [5, 5.41) is 2.93. The standard InChI is InChI=1S/C20H31N5O2/c1-23(2)20(27)16-8-12-24(13-9-16)15-19(26)22-17-6-7-18(21-14-17)25-10-4-3-5-11-25/h6-7,14,16H,3-5,8-13,15H2,1-2H3,(H,22,26). The van der Waals surface area contributed by atoms with Gasteiger partial charge in [0.1, 0.15) is 5.82 Å². The summed E-state index contributed by atoms with van der Waals surface area (Å²) in [7, 11) is 3.60. The highest BCUT2D eigenvalue weighted by molar-refractivity contribution is 5.92. The molecule has 2 fully saturated rings. The second kappa shape index (κ2) is 9.17. The predicted molar refractivity (Wildman–Crippen MR) is 107 cm³/mol. The summed E-state index contributed by atoms with van der Waals surface area (Å²) >= 11 is 0. The van der Waals surface area contributed by atoms with Crippen LogP contribution in [-0.4, -0.2) is 73.4 Å². The molecule has 3 rings (SSSR count). The molecule has 2 aliphatic rings. The topological polar surface area (TPSA) is 68.8 Å². The highest BCUT2D eigenvalue weighted by Crippen LogP contribution is 2.20. The minimum atomic E-state index is -0.0279. The van der Waals surface area contributed by atoms with E-state index >= 15 is 0 Å². The third kappa shape index (κ3) is 5.42. The zero-order valence-electron chi connectivity index (χ0n) is 16.5. The molecule has 0 radical (unpaired) electrons. The second-order valence-electron chi connectivity index (χ2n) is 7.78. The Bertz CT molecular complexity index is 632. The molecule has 7 heteroatoms.